The van der Waals surface area contributed by atoms with Crippen LogP contribution in [-0.2, 0) is 19.3 Å². The number of fused-ring (bicyclic) bond motifs is 2. The molecule has 0 N–H and O–H groups in total. The summed E-state index contributed by atoms with van der Waals surface area (Å²) in [7, 11) is 0. The van der Waals surface area contributed by atoms with E-state index in [1.165, 1.54) is 6.07 Å². The van der Waals surface area contributed by atoms with Gasteiger partial charge in [-0.25, -0.2) is 9.37 Å². The van der Waals surface area contributed by atoms with Gasteiger partial charge >= 0.3 is 0 Å². The molecule has 0 bridgehead atoms. The highest BCUT2D eigenvalue weighted by molar-refractivity contribution is 5.79. The first-order chi connectivity index (χ1) is 13.6. The molecule has 1 aliphatic rings. The third-order valence-electron chi connectivity index (χ3n) is 5.25. The third-order valence-corrected chi connectivity index (χ3v) is 5.25. The molecule has 1 aromatic carbocycles. The van der Waals surface area contributed by atoms with Crippen molar-refractivity contribution in [1.29, 1.82) is 0 Å². The Morgan fingerprint density at radius 3 is 2.93 bits per heavy atom. The standard InChI is InChI=1S/C20H18FN5O2/c1-11-19(12(2)28-25-11)15-9-22-18(26-10-23-24-20(15)26)6-3-13-14-7-8-27-17(14)5-4-16(13)21/h4-5,9-10H,3,6-8H2,1-2H3. The first-order valence-electron chi connectivity index (χ1n) is 9.17. The van der Waals surface area contributed by atoms with E-state index in [0.717, 1.165) is 40.4 Å². The number of aromatic nitrogens is 5. The van der Waals surface area contributed by atoms with Gasteiger partial charge in [-0.3, -0.25) is 4.40 Å². The fraction of sp³-hybridized carbons (Fsp3) is 0.300. The fourth-order valence-corrected chi connectivity index (χ4v) is 3.92. The van der Waals surface area contributed by atoms with E-state index >= 15 is 0 Å². The van der Waals surface area contributed by atoms with Crippen molar-refractivity contribution in [3.63, 3.8) is 0 Å². The summed E-state index contributed by atoms with van der Waals surface area (Å²) >= 11 is 0. The zero-order valence-electron chi connectivity index (χ0n) is 15.6. The average molecular weight is 379 g/mol. The number of rotatable bonds is 4. The SMILES string of the molecule is Cc1noc(C)c1-c1cnc(CCc2c(F)ccc3c2CCO3)n2cnnc12. The molecule has 0 saturated heterocycles. The minimum absolute atomic E-state index is 0.198. The van der Waals surface area contributed by atoms with E-state index < -0.39 is 0 Å². The van der Waals surface area contributed by atoms with Gasteiger partial charge < -0.3 is 9.26 Å². The number of benzene rings is 1. The van der Waals surface area contributed by atoms with E-state index in [0.29, 0.717) is 36.4 Å². The summed E-state index contributed by atoms with van der Waals surface area (Å²) < 4.78 is 27.1. The molecule has 4 aromatic rings. The number of hydrogen-bond acceptors (Lipinski definition) is 6. The Hall–Kier alpha value is -3.29. The van der Waals surface area contributed by atoms with Crippen LogP contribution in [0.25, 0.3) is 16.8 Å². The number of halogens is 1. The monoisotopic (exact) mass is 379 g/mol. The van der Waals surface area contributed by atoms with Gasteiger partial charge in [0.05, 0.1) is 23.4 Å². The zero-order valence-corrected chi connectivity index (χ0v) is 15.6. The summed E-state index contributed by atoms with van der Waals surface area (Å²) in [6, 6.07) is 3.18. The predicted molar refractivity (Wildman–Crippen MR) is 98.8 cm³/mol. The van der Waals surface area contributed by atoms with Crippen LogP contribution in [0.2, 0.25) is 0 Å². The maximum absolute atomic E-state index is 14.4. The molecule has 0 spiro atoms. The van der Waals surface area contributed by atoms with Crippen LogP contribution in [0.1, 0.15) is 28.4 Å². The molecule has 0 fully saturated rings. The van der Waals surface area contributed by atoms with Gasteiger partial charge in [-0.2, -0.15) is 0 Å². The van der Waals surface area contributed by atoms with Gasteiger partial charge in [0.15, 0.2) is 5.65 Å². The summed E-state index contributed by atoms with van der Waals surface area (Å²) in [5, 5.41) is 12.3. The van der Waals surface area contributed by atoms with E-state index in [4.69, 9.17) is 9.26 Å². The molecule has 0 radical (unpaired) electrons. The molecule has 8 heteroatoms. The Labute approximate surface area is 160 Å². The van der Waals surface area contributed by atoms with Crippen LogP contribution in [0, 0.1) is 19.7 Å². The molecule has 1 aliphatic heterocycles. The molecule has 28 heavy (non-hydrogen) atoms. The lowest BCUT2D eigenvalue weighted by atomic mass is 10.00. The van der Waals surface area contributed by atoms with Gasteiger partial charge in [-0.05, 0) is 38.0 Å². The van der Waals surface area contributed by atoms with Crippen molar-refractivity contribution in [3.8, 4) is 16.9 Å². The first-order valence-corrected chi connectivity index (χ1v) is 9.17. The van der Waals surface area contributed by atoms with Gasteiger partial charge in [-0.1, -0.05) is 5.16 Å². The van der Waals surface area contributed by atoms with Crippen molar-refractivity contribution in [2.24, 2.45) is 0 Å². The van der Waals surface area contributed by atoms with E-state index in [9.17, 15) is 4.39 Å². The molecule has 7 nitrogen and oxygen atoms in total. The summed E-state index contributed by atoms with van der Waals surface area (Å²) in [6.45, 7) is 4.34. The van der Waals surface area contributed by atoms with E-state index in [2.05, 4.69) is 20.3 Å². The van der Waals surface area contributed by atoms with Crippen LogP contribution in [0.5, 0.6) is 5.75 Å². The lowest BCUT2D eigenvalue weighted by Gasteiger charge is -2.10. The summed E-state index contributed by atoms with van der Waals surface area (Å²) in [5.74, 6) is 2.06. The Balaban J connectivity index is 1.52. The van der Waals surface area contributed by atoms with Crippen molar-refractivity contribution in [2.75, 3.05) is 6.61 Å². The highest BCUT2D eigenvalue weighted by atomic mass is 19.1. The lowest BCUT2D eigenvalue weighted by molar-refractivity contribution is 0.356. The number of ether oxygens (including phenoxy) is 1. The molecule has 0 amide bonds. The zero-order chi connectivity index (χ0) is 19.3. The van der Waals surface area contributed by atoms with Crippen molar-refractivity contribution in [2.45, 2.75) is 33.1 Å². The van der Waals surface area contributed by atoms with Crippen LogP contribution in [0.4, 0.5) is 4.39 Å². The van der Waals surface area contributed by atoms with E-state index in [-0.39, 0.29) is 5.82 Å². The van der Waals surface area contributed by atoms with Crippen LogP contribution in [-0.4, -0.2) is 31.3 Å². The van der Waals surface area contributed by atoms with E-state index in [1.807, 2.05) is 18.2 Å². The molecule has 4 heterocycles. The minimum Gasteiger partial charge on any atom is -0.493 e. The Morgan fingerprint density at radius 2 is 2.11 bits per heavy atom. The highest BCUT2D eigenvalue weighted by Crippen LogP contribution is 2.32. The second-order valence-corrected chi connectivity index (χ2v) is 6.91. The quantitative estimate of drug-likeness (QED) is 0.542. The molecule has 0 saturated carbocycles. The van der Waals surface area contributed by atoms with Gasteiger partial charge in [0.2, 0.25) is 0 Å². The maximum Gasteiger partial charge on any atom is 0.171 e. The first kappa shape index (κ1) is 16.9. The molecule has 0 aliphatic carbocycles. The largest absolute Gasteiger partial charge is 0.493 e. The number of nitrogens with zero attached hydrogens (tertiary/aromatic N) is 5. The third kappa shape index (κ3) is 2.56. The Kier molecular flexibility index (Phi) is 3.85. The molecular formula is C20H18FN5O2. The van der Waals surface area contributed by atoms with Crippen molar-refractivity contribution < 1.29 is 13.7 Å². The smallest absolute Gasteiger partial charge is 0.171 e. The summed E-state index contributed by atoms with van der Waals surface area (Å²) in [4.78, 5) is 4.62. The average Bonchev–Trinajstić information content (AvgIpc) is 3.42. The van der Waals surface area contributed by atoms with Gasteiger partial charge in [0.1, 0.15) is 29.5 Å². The molecular weight excluding hydrogens is 361 g/mol. The summed E-state index contributed by atoms with van der Waals surface area (Å²) in [6.07, 6.45) is 5.23. The van der Waals surface area contributed by atoms with Gasteiger partial charge in [0, 0.05) is 24.6 Å². The topological polar surface area (TPSA) is 78.3 Å². The van der Waals surface area contributed by atoms with Crippen molar-refractivity contribution >= 4 is 5.65 Å². The molecule has 142 valence electrons. The molecule has 5 rings (SSSR count). The normalized spacial score (nSPS) is 13.1. The molecule has 0 atom stereocenters. The van der Waals surface area contributed by atoms with Crippen molar-refractivity contribution in [3.05, 3.63) is 58.9 Å². The van der Waals surface area contributed by atoms with Crippen LogP contribution >= 0.6 is 0 Å². The Bertz CT molecular complexity index is 1180. The lowest BCUT2D eigenvalue weighted by Crippen LogP contribution is -2.06. The predicted octanol–water partition coefficient (Wildman–Crippen LogP) is 3.26. The summed E-state index contributed by atoms with van der Waals surface area (Å²) in [5.41, 5.74) is 4.82. The van der Waals surface area contributed by atoms with Crippen LogP contribution < -0.4 is 4.74 Å². The number of hydrogen-bond donors (Lipinski definition) is 0. The van der Waals surface area contributed by atoms with Crippen molar-refractivity contribution in [1.82, 2.24) is 24.7 Å². The second kappa shape index (κ2) is 6.40. The second-order valence-electron chi connectivity index (χ2n) is 6.91. The highest BCUT2D eigenvalue weighted by Gasteiger charge is 2.21. The van der Waals surface area contributed by atoms with E-state index in [1.54, 1.807) is 18.6 Å². The Morgan fingerprint density at radius 1 is 1.21 bits per heavy atom. The molecule has 3 aromatic heterocycles. The minimum atomic E-state index is -0.198. The fourth-order valence-electron chi connectivity index (χ4n) is 3.92. The van der Waals surface area contributed by atoms with Gasteiger partial charge in [0.25, 0.3) is 0 Å². The van der Waals surface area contributed by atoms with Crippen LogP contribution in [0.3, 0.4) is 0 Å². The number of aryl methyl sites for hydroxylation is 3. The molecule has 0 unspecified atom stereocenters. The maximum atomic E-state index is 14.4. The van der Waals surface area contributed by atoms with Gasteiger partial charge in [-0.15, -0.1) is 10.2 Å². The van der Waals surface area contributed by atoms with Crippen LogP contribution in [0.15, 0.2) is 29.2 Å².